The van der Waals surface area contributed by atoms with Gasteiger partial charge in [-0.15, -0.1) is 13.2 Å². The third kappa shape index (κ3) is 3.01. The van der Waals surface area contributed by atoms with E-state index in [1.807, 2.05) is 18.2 Å². The Morgan fingerprint density at radius 2 is 2.05 bits per heavy atom. The molecule has 2 rings (SSSR count). The van der Waals surface area contributed by atoms with Crippen LogP contribution in [-0.2, 0) is 6.42 Å². The zero-order valence-electron chi connectivity index (χ0n) is 11.7. The molecule has 2 heteroatoms. The van der Waals surface area contributed by atoms with E-state index in [-0.39, 0.29) is 5.54 Å². The quantitative estimate of drug-likeness (QED) is 0.792. The standard InChI is InChI=1S/C17H23NO/c1-4-10-17(11-5-2)12-6-7-14-13-15(19-3)8-9-16(14)18-17/h4-5,8-9,13,18H,1-2,6-7,10-12H2,3H3. The molecule has 0 aliphatic carbocycles. The SMILES string of the molecule is C=CCC1(CC=C)CCCc2cc(OC)ccc2N1. The fourth-order valence-corrected chi connectivity index (χ4v) is 2.93. The predicted octanol–water partition coefficient (Wildman–Crippen LogP) is 4.33. The van der Waals surface area contributed by atoms with Crippen LogP contribution in [0, 0.1) is 0 Å². The molecule has 0 saturated carbocycles. The van der Waals surface area contributed by atoms with Crippen LogP contribution in [0.25, 0.3) is 0 Å². The average molecular weight is 257 g/mol. The highest BCUT2D eigenvalue weighted by atomic mass is 16.5. The highest BCUT2D eigenvalue weighted by molar-refractivity contribution is 5.57. The first kappa shape index (κ1) is 13.7. The van der Waals surface area contributed by atoms with Crippen molar-refractivity contribution in [2.45, 2.75) is 37.6 Å². The maximum atomic E-state index is 5.31. The molecule has 1 aromatic carbocycles. The minimum atomic E-state index is 0.0728. The highest BCUT2D eigenvalue weighted by Gasteiger charge is 2.29. The summed E-state index contributed by atoms with van der Waals surface area (Å²) in [6.07, 6.45) is 9.34. The molecular formula is C17H23NO. The first-order chi connectivity index (χ1) is 9.23. The molecule has 0 atom stereocenters. The molecule has 1 aliphatic rings. The Bertz CT molecular complexity index is 454. The van der Waals surface area contributed by atoms with Gasteiger partial charge in [0, 0.05) is 11.2 Å². The van der Waals surface area contributed by atoms with Gasteiger partial charge in [-0.25, -0.2) is 0 Å². The van der Waals surface area contributed by atoms with E-state index in [4.69, 9.17) is 4.74 Å². The topological polar surface area (TPSA) is 21.3 Å². The number of benzene rings is 1. The Balaban J connectivity index is 2.32. The number of ether oxygens (including phenoxy) is 1. The van der Waals surface area contributed by atoms with Crippen molar-refractivity contribution < 1.29 is 4.74 Å². The zero-order chi connectivity index (χ0) is 13.7. The smallest absolute Gasteiger partial charge is 0.119 e. The molecule has 1 N–H and O–H groups in total. The number of hydrogen-bond donors (Lipinski definition) is 1. The zero-order valence-corrected chi connectivity index (χ0v) is 11.7. The van der Waals surface area contributed by atoms with Gasteiger partial charge in [0.1, 0.15) is 5.75 Å². The second kappa shape index (κ2) is 5.96. The van der Waals surface area contributed by atoms with Crippen molar-refractivity contribution in [3.63, 3.8) is 0 Å². The van der Waals surface area contributed by atoms with E-state index >= 15 is 0 Å². The minimum Gasteiger partial charge on any atom is -0.497 e. The Morgan fingerprint density at radius 3 is 2.68 bits per heavy atom. The molecule has 0 aromatic heterocycles. The Hall–Kier alpha value is -1.70. The van der Waals surface area contributed by atoms with Crippen LogP contribution in [0.15, 0.2) is 43.5 Å². The van der Waals surface area contributed by atoms with Gasteiger partial charge in [0.25, 0.3) is 0 Å². The van der Waals surface area contributed by atoms with Crippen LogP contribution in [0.4, 0.5) is 5.69 Å². The fraction of sp³-hybridized carbons (Fsp3) is 0.412. The van der Waals surface area contributed by atoms with E-state index in [2.05, 4.69) is 30.6 Å². The van der Waals surface area contributed by atoms with Crippen molar-refractivity contribution in [1.82, 2.24) is 0 Å². The number of aryl methyl sites for hydroxylation is 1. The Morgan fingerprint density at radius 1 is 1.32 bits per heavy atom. The number of fused-ring (bicyclic) bond motifs is 1. The van der Waals surface area contributed by atoms with Gasteiger partial charge in [0.2, 0.25) is 0 Å². The molecular weight excluding hydrogens is 234 g/mol. The molecule has 0 fully saturated rings. The van der Waals surface area contributed by atoms with Crippen LogP contribution in [0.2, 0.25) is 0 Å². The second-order valence-corrected chi connectivity index (χ2v) is 5.27. The molecule has 1 aromatic rings. The van der Waals surface area contributed by atoms with Crippen molar-refractivity contribution in [3.8, 4) is 5.75 Å². The largest absolute Gasteiger partial charge is 0.497 e. The van der Waals surface area contributed by atoms with Gasteiger partial charge >= 0.3 is 0 Å². The van der Waals surface area contributed by atoms with E-state index in [1.165, 1.54) is 17.7 Å². The number of anilines is 1. The van der Waals surface area contributed by atoms with E-state index in [9.17, 15) is 0 Å². The van der Waals surface area contributed by atoms with Crippen LogP contribution < -0.4 is 10.1 Å². The lowest BCUT2D eigenvalue weighted by Crippen LogP contribution is -2.36. The molecule has 0 saturated heterocycles. The summed E-state index contributed by atoms with van der Waals surface area (Å²) >= 11 is 0. The number of rotatable bonds is 5. The molecule has 0 spiro atoms. The first-order valence-electron chi connectivity index (χ1n) is 6.90. The summed E-state index contributed by atoms with van der Waals surface area (Å²) in [4.78, 5) is 0. The molecule has 19 heavy (non-hydrogen) atoms. The van der Waals surface area contributed by atoms with Crippen molar-refractivity contribution in [2.24, 2.45) is 0 Å². The van der Waals surface area contributed by atoms with Crippen molar-refractivity contribution in [2.75, 3.05) is 12.4 Å². The van der Waals surface area contributed by atoms with Gasteiger partial charge < -0.3 is 10.1 Å². The van der Waals surface area contributed by atoms with Crippen LogP contribution >= 0.6 is 0 Å². The van der Waals surface area contributed by atoms with E-state index < -0.39 is 0 Å². The monoisotopic (exact) mass is 257 g/mol. The lowest BCUT2D eigenvalue weighted by Gasteiger charge is -2.33. The molecule has 2 nitrogen and oxygen atoms in total. The normalized spacial score (nSPS) is 16.7. The van der Waals surface area contributed by atoms with Crippen molar-refractivity contribution in [1.29, 1.82) is 0 Å². The fourth-order valence-electron chi connectivity index (χ4n) is 2.93. The maximum Gasteiger partial charge on any atom is 0.119 e. The van der Waals surface area contributed by atoms with Crippen LogP contribution in [0.1, 0.15) is 31.2 Å². The van der Waals surface area contributed by atoms with Crippen LogP contribution in [-0.4, -0.2) is 12.6 Å². The Labute approximate surface area is 116 Å². The minimum absolute atomic E-state index is 0.0728. The molecule has 0 radical (unpaired) electrons. The first-order valence-corrected chi connectivity index (χ1v) is 6.90. The summed E-state index contributed by atoms with van der Waals surface area (Å²) in [7, 11) is 1.71. The van der Waals surface area contributed by atoms with Gasteiger partial charge in [-0.3, -0.25) is 0 Å². The Kier molecular flexibility index (Phi) is 4.31. The predicted molar refractivity (Wildman–Crippen MR) is 81.9 cm³/mol. The third-order valence-corrected chi connectivity index (χ3v) is 3.88. The highest BCUT2D eigenvalue weighted by Crippen LogP contribution is 2.35. The van der Waals surface area contributed by atoms with E-state index in [1.54, 1.807) is 7.11 Å². The van der Waals surface area contributed by atoms with Crippen LogP contribution in [0.3, 0.4) is 0 Å². The molecule has 102 valence electrons. The third-order valence-electron chi connectivity index (χ3n) is 3.88. The van der Waals surface area contributed by atoms with Gasteiger partial charge in [0.05, 0.1) is 7.11 Å². The summed E-state index contributed by atoms with van der Waals surface area (Å²) in [5.41, 5.74) is 2.64. The van der Waals surface area contributed by atoms with Gasteiger partial charge in [-0.2, -0.15) is 0 Å². The summed E-state index contributed by atoms with van der Waals surface area (Å²) in [5, 5.41) is 3.73. The van der Waals surface area contributed by atoms with Gasteiger partial charge in [-0.05, 0) is 55.9 Å². The summed E-state index contributed by atoms with van der Waals surface area (Å²) in [5.74, 6) is 0.931. The summed E-state index contributed by atoms with van der Waals surface area (Å²) in [6, 6.07) is 6.28. The number of methoxy groups -OCH3 is 1. The average Bonchev–Trinajstić information content (AvgIpc) is 2.58. The molecule has 1 aliphatic heterocycles. The van der Waals surface area contributed by atoms with Crippen LogP contribution in [0.5, 0.6) is 5.75 Å². The van der Waals surface area contributed by atoms with Gasteiger partial charge in [-0.1, -0.05) is 12.2 Å². The summed E-state index contributed by atoms with van der Waals surface area (Å²) < 4.78 is 5.31. The number of nitrogens with one attached hydrogen (secondary N) is 1. The lowest BCUT2D eigenvalue weighted by molar-refractivity contribution is 0.414. The van der Waals surface area contributed by atoms with E-state index in [0.29, 0.717) is 0 Å². The molecule has 0 bridgehead atoms. The molecule has 0 amide bonds. The van der Waals surface area contributed by atoms with Crippen molar-refractivity contribution >= 4 is 5.69 Å². The molecule has 1 heterocycles. The second-order valence-electron chi connectivity index (χ2n) is 5.27. The van der Waals surface area contributed by atoms with E-state index in [0.717, 1.165) is 31.4 Å². The summed E-state index contributed by atoms with van der Waals surface area (Å²) in [6.45, 7) is 7.80. The lowest BCUT2D eigenvalue weighted by atomic mass is 9.86. The molecule has 0 unspecified atom stereocenters. The van der Waals surface area contributed by atoms with Crippen molar-refractivity contribution in [3.05, 3.63) is 49.1 Å². The number of hydrogen-bond acceptors (Lipinski definition) is 2. The maximum absolute atomic E-state index is 5.31. The van der Waals surface area contributed by atoms with Gasteiger partial charge in [0.15, 0.2) is 0 Å².